The summed E-state index contributed by atoms with van der Waals surface area (Å²) in [6.07, 6.45) is 0. The fourth-order valence-corrected chi connectivity index (χ4v) is 22.8. The maximum absolute atomic E-state index is 2.30. The zero-order chi connectivity index (χ0) is 46.1. The van der Waals surface area contributed by atoms with Gasteiger partial charge in [0.1, 0.15) is 0 Å². The first-order valence-corrected chi connectivity index (χ1v) is 33.4. The van der Waals surface area contributed by atoms with Gasteiger partial charge in [-0.2, -0.15) is 0 Å². The average Bonchev–Trinajstić information content (AvgIpc) is 4.23. The molecule has 0 atom stereocenters. The lowest BCUT2D eigenvalue weighted by Gasteiger charge is -1.94. The summed E-state index contributed by atoms with van der Waals surface area (Å²) in [5, 5.41) is 4.30. The molecule has 14 heteroatoms. The Balaban J connectivity index is 0.619. The summed E-state index contributed by atoms with van der Waals surface area (Å²) in [7, 11) is 0. The predicted molar refractivity (Wildman–Crippen MR) is 327 cm³/mol. The van der Waals surface area contributed by atoms with Crippen LogP contribution in [0.3, 0.4) is 0 Å². The molecule has 0 nitrogen and oxygen atoms in total. The maximum atomic E-state index is 2.30. The fourth-order valence-electron chi connectivity index (χ4n) is 8.07. The molecule has 0 aromatic carbocycles. The van der Waals surface area contributed by atoms with E-state index in [4.69, 9.17) is 0 Å². The lowest BCUT2D eigenvalue weighted by atomic mass is 10.3. The van der Waals surface area contributed by atoms with Crippen LogP contribution < -0.4 is 0 Å². The molecule has 0 saturated carbocycles. The highest BCUT2D eigenvalue weighted by molar-refractivity contribution is 7.33. The fraction of sp³-hybridized carbons (Fsp3) is 0. The monoisotopic (exact) mass is 1150 g/mol. The van der Waals surface area contributed by atoms with E-state index in [0.717, 1.165) is 0 Å². The summed E-state index contributed by atoms with van der Waals surface area (Å²) in [6, 6.07) is 63.7. The Kier molecular flexibility index (Phi) is 12.1. The summed E-state index contributed by atoms with van der Waals surface area (Å²) >= 11 is 26.3. The van der Waals surface area contributed by atoms with Gasteiger partial charge in [0.25, 0.3) is 0 Å². The molecule has 0 N–H and O–H groups in total. The molecule has 0 spiro atoms. The van der Waals surface area contributed by atoms with Gasteiger partial charge in [-0.1, -0.05) is 12.1 Å². The highest BCUT2D eigenvalue weighted by atomic mass is 32.2. The molecule has 0 unspecified atom stereocenters. The molecule has 0 bridgehead atoms. The first-order valence-electron chi connectivity index (χ1n) is 21.9. The Morgan fingerprint density at radius 1 is 0.129 bits per heavy atom. The van der Waals surface area contributed by atoms with E-state index in [1.807, 2.05) is 136 Å². The molecule has 14 rings (SSSR count). The second-order valence-electron chi connectivity index (χ2n) is 15.9. The Morgan fingerprint density at radius 2 is 0.243 bits per heavy atom. The van der Waals surface area contributed by atoms with Gasteiger partial charge >= 0.3 is 0 Å². The van der Waals surface area contributed by atoms with Crippen molar-refractivity contribution in [2.75, 3.05) is 0 Å². The molecule has 0 saturated heterocycles. The van der Waals surface area contributed by atoms with Crippen molar-refractivity contribution in [2.45, 2.75) is 0 Å². The van der Waals surface area contributed by atoms with Crippen molar-refractivity contribution in [1.29, 1.82) is 0 Å². The van der Waals surface area contributed by atoms with Gasteiger partial charge in [0.05, 0.1) is 0 Å². The second-order valence-corrected chi connectivity index (χ2v) is 30.8. The highest BCUT2D eigenvalue weighted by Gasteiger charge is 2.18. The van der Waals surface area contributed by atoms with Gasteiger partial charge in [0.2, 0.25) is 0 Å². The minimum absolute atomic E-state index is 1.33. The summed E-state index contributed by atoms with van der Waals surface area (Å²) in [6.45, 7) is 0. The van der Waals surface area contributed by atoms with Crippen LogP contribution in [0.4, 0.5) is 0 Å². The van der Waals surface area contributed by atoms with Gasteiger partial charge in [-0.25, -0.2) is 0 Å². The molecule has 14 aromatic heterocycles. The summed E-state index contributed by atoms with van der Waals surface area (Å²) in [5.74, 6) is 0. The minimum Gasteiger partial charge on any atom is -0.143 e. The van der Waals surface area contributed by atoms with Crippen LogP contribution in [0.5, 0.6) is 0 Å². The molecular weight excluding hydrogens is 1120 g/mol. The summed E-state index contributed by atoms with van der Waals surface area (Å²) < 4.78 is 0. The number of hydrogen-bond donors (Lipinski definition) is 0. The first kappa shape index (κ1) is 44.5. The van der Waals surface area contributed by atoms with Gasteiger partial charge in [-0.05, 0) is 168 Å². The van der Waals surface area contributed by atoms with Gasteiger partial charge in [-0.3, -0.25) is 0 Å². The second kappa shape index (κ2) is 19.0. The number of thiophene rings is 14. The zero-order valence-electron chi connectivity index (χ0n) is 36.0. The van der Waals surface area contributed by atoms with Crippen molar-refractivity contribution in [3.8, 4) is 127 Å². The van der Waals surface area contributed by atoms with Crippen LogP contribution in [0, 0.1) is 0 Å². The van der Waals surface area contributed by atoms with Crippen LogP contribution in [0.2, 0.25) is 0 Å². The smallest absolute Gasteiger partial charge is 0.0449 e. The van der Waals surface area contributed by atoms with Crippen molar-refractivity contribution in [3.63, 3.8) is 0 Å². The number of hydrogen-bond acceptors (Lipinski definition) is 14. The maximum Gasteiger partial charge on any atom is 0.0449 e. The quantitative estimate of drug-likeness (QED) is 0.108. The number of rotatable bonds is 13. The van der Waals surface area contributed by atoms with Crippen LogP contribution >= 0.6 is 159 Å². The van der Waals surface area contributed by atoms with E-state index in [1.165, 1.54) is 127 Å². The van der Waals surface area contributed by atoms with E-state index in [9.17, 15) is 0 Å². The molecule has 0 aliphatic rings. The van der Waals surface area contributed by atoms with E-state index < -0.39 is 0 Å². The molecule has 14 heterocycles. The van der Waals surface area contributed by atoms with Gasteiger partial charge in [-0.15, -0.1) is 159 Å². The van der Waals surface area contributed by atoms with Crippen molar-refractivity contribution in [2.24, 2.45) is 0 Å². The largest absolute Gasteiger partial charge is 0.143 e. The summed E-state index contributed by atoms with van der Waals surface area (Å²) in [4.78, 5) is 34.7. The first-order chi connectivity index (χ1) is 34.6. The molecule has 0 aliphatic heterocycles. The van der Waals surface area contributed by atoms with E-state index in [1.54, 1.807) is 22.7 Å². The molecule has 0 radical (unpaired) electrons. The van der Waals surface area contributed by atoms with E-state index >= 15 is 0 Å². The Bertz CT molecular complexity index is 3770. The van der Waals surface area contributed by atoms with E-state index in [-0.39, 0.29) is 0 Å². The van der Waals surface area contributed by atoms with Gasteiger partial charge in [0, 0.05) is 127 Å². The van der Waals surface area contributed by atoms with Crippen LogP contribution in [0.25, 0.3) is 127 Å². The molecule has 0 aliphatic carbocycles. The Morgan fingerprint density at radius 3 is 0.343 bits per heavy atom. The van der Waals surface area contributed by atoms with Gasteiger partial charge in [0.15, 0.2) is 0 Å². The van der Waals surface area contributed by atoms with Crippen LogP contribution in [-0.4, -0.2) is 0 Å². The minimum atomic E-state index is 1.33. The molecule has 0 amide bonds. The van der Waals surface area contributed by atoms with Crippen molar-refractivity contribution in [1.82, 2.24) is 0 Å². The normalized spacial score (nSPS) is 11.7. The Hall–Kier alpha value is -4.20. The molecule has 338 valence electrons. The molecule has 0 fully saturated rings. The average molecular weight is 1150 g/mol. The Labute approximate surface area is 460 Å². The van der Waals surface area contributed by atoms with Gasteiger partial charge < -0.3 is 0 Å². The van der Waals surface area contributed by atoms with Crippen molar-refractivity contribution >= 4 is 159 Å². The topological polar surface area (TPSA) is 0 Å². The standard InChI is InChI=1S/C56H30S14/c1-3-31(57-29-1)33-5-7-35(59-33)37-9-11-39(61-37)41-13-15-43(63-41)45-17-19-47(65-45)49-21-23-51(67-49)53-25-27-55(69-53)56-28-26-54(70-56)52-24-22-50(68-52)48-20-18-46(66-48)44-16-14-42(64-44)40-12-10-38(62-40)36-8-6-34(60-36)32-4-2-30-58-32/h1-30H. The SMILES string of the molecule is c1csc(-c2ccc(-c3ccc(-c4ccc(-c5ccc(-c6ccc(-c7ccc(-c8ccc(-c9ccc(-c%10ccc(-c%11ccc(-c%12ccc(-c%13ccc(-c%14cccs%14)s%13)s%12)s%11)s%10)s9)s8)s7)s6)s5)s4)s3)s2)c1. The lowest BCUT2D eigenvalue weighted by molar-refractivity contribution is 1.88. The third kappa shape index (κ3) is 8.73. The zero-order valence-corrected chi connectivity index (χ0v) is 47.5. The van der Waals surface area contributed by atoms with Crippen LogP contribution in [-0.2, 0) is 0 Å². The molecule has 14 aromatic rings. The van der Waals surface area contributed by atoms with E-state index in [2.05, 4.69) is 181 Å². The third-order valence-electron chi connectivity index (χ3n) is 11.5. The van der Waals surface area contributed by atoms with Crippen molar-refractivity contribution < 1.29 is 0 Å². The molecule has 70 heavy (non-hydrogen) atoms. The van der Waals surface area contributed by atoms with E-state index in [0.29, 0.717) is 0 Å². The van der Waals surface area contributed by atoms with Crippen LogP contribution in [0.1, 0.15) is 0 Å². The van der Waals surface area contributed by atoms with Crippen molar-refractivity contribution in [3.05, 3.63) is 181 Å². The predicted octanol–water partition coefficient (Wildman–Crippen LogP) is 24.2. The summed E-state index contributed by atoms with van der Waals surface area (Å²) in [5.41, 5.74) is 0. The van der Waals surface area contributed by atoms with Crippen LogP contribution in [0.15, 0.2) is 181 Å². The highest BCUT2D eigenvalue weighted by Crippen LogP contribution is 2.50. The lowest BCUT2D eigenvalue weighted by Crippen LogP contribution is -1.59. The third-order valence-corrected chi connectivity index (χ3v) is 28.8. The molecular formula is C56H30S14.